The zero-order valence-corrected chi connectivity index (χ0v) is 11.1. The van der Waals surface area contributed by atoms with Crippen molar-refractivity contribution in [1.29, 1.82) is 0 Å². The normalized spacial score (nSPS) is 16.0. The number of anilines is 1. The van der Waals surface area contributed by atoms with Crippen LogP contribution in [-0.2, 0) is 4.79 Å². The zero-order chi connectivity index (χ0) is 14.3. The van der Waals surface area contributed by atoms with Crippen molar-refractivity contribution in [3.63, 3.8) is 0 Å². The highest BCUT2D eigenvalue weighted by atomic mass is 16.5. The highest BCUT2D eigenvalue weighted by Crippen LogP contribution is 2.34. The van der Waals surface area contributed by atoms with Gasteiger partial charge >= 0.3 is 0 Å². The lowest BCUT2D eigenvalue weighted by molar-refractivity contribution is -0.129. The number of ketones is 1. The van der Waals surface area contributed by atoms with Gasteiger partial charge in [-0.2, -0.15) is 0 Å². The summed E-state index contributed by atoms with van der Waals surface area (Å²) in [5, 5.41) is 2.74. The summed E-state index contributed by atoms with van der Waals surface area (Å²) in [4.78, 5) is 24.0. The SMILES string of the molecule is CC1(C)Oc2ccc(C(=O)c3ccco3)cc2NC1=O. The zero-order valence-electron chi connectivity index (χ0n) is 11.1. The largest absolute Gasteiger partial charge is 0.476 e. The third-order valence-electron chi connectivity index (χ3n) is 3.15. The second kappa shape index (κ2) is 4.23. The molecule has 0 saturated heterocycles. The van der Waals surface area contributed by atoms with Gasteiger partial charge in [-0.25, -0.2) is 0 Å². The average Bonchev–Trinajstić information content (AvgIpc) is 2.92. The molecule has 20 heavy (non-hydrogen) atoms. The summed E-state index contributed by atoms with van der Waals surface area (Å²) in [5.41, 5.74) is 0.00791. The van der Waals surface area contributed by atoms with Crippen LogP contribution in [0.25, 0.3) is 0 Å². The van der Waals surface area contributed by atoms with Crippen molar-refractivity contribution in [3.8, 4) is 5.75 Å². The molecule has 1 aliphatic heterocycles. The maximum absolute atomic E-state index is 12.2. The quantitative estimate of drug-likeness (QED) is 0.852. The van der Waals surface area contributed by atoms with Crippen molar-refractivity contribution in [1.82, 2.24) is 0 Å². The summed E-state index contributed by atoms with van der Waals surface area (Å²) in [5.74, 6) is 0.323. The predicted molar refractivity (Wildman–Crippen MR) is 71.9 cm³/mol. The van der Waals surface area contributed by atoms with Gasteiger partial charge in [0.25, 0.3) is 5.91 Å². The second-order valence-electron chi connectivity index (χ2n) is 5.08. The van der Waals surface area contributed by atoms with Gasteiger partial charge in [0.05, 0.1) is 12.0 Å². The van der Waals surface area contributed by atoms with E-state index in [1.54, 1.807) is 44.2 Å². The number of ether oxygens (including phenoxy) is 1. The molecule has 102 valence electrons. The number of fused-ring (bicyclic) bond motifs is 1. The molecule has 5 nitrogen and oxygen atoms in total. The van der Waals surface area contributed by atoms with Gasteiger partial charge in [0.1, 0.15) is 5.75 Å². The summed E-state index contributed by atoms with van der Waals surface area (Å²) in [6, 6.07) is 8.16. The molecule has 0 bridgehead atoms. The first-order valence-corrected chi connectivity index (χ1v) is 6.20. The smallest absolute Gasteiger partial charge is 0.268 e. The van der Waals surface area contributed by atoms with Crippen LogP contribution in [0.5, 0.6) is 5.75 Å². The van der Waals surface area contributed by atoms with E-state index in [9.17, 15) is 9.59 Å². The standard InChI is InChI=1S/C15H13NO4/c1-15(2)14(18)16-10-8-9(5-6-11(10)20-15)13(17)12-4-3-7-19-12/h3-8H,1-2H3,(H,16,18). The molecule has 1 aromatic carbocycles. The van der Waals surface area contributed by atoms with Crippen LogP contribution in [0.2, 0.25) is 0 Å². The Morgan fingerprint density at radius 2 is 2.05 bits per heavy atom. The minimum atomic E-state index is -0.917. The summed E-state index contributed by atoms with van der Waals surface area (Å²) < 4.78 is 10.7. The van der Waals surface area contributed by atoms with E-state index in [-0.39, 0.29) is 17.5 Å². The fourth-order valence-electron chi connectivity index (χ4n) is 2.00. The van der Waals surface area contributed by atoms with Crippen LogP contribution in [0.15, 0.2) is 41.0 Å². The molecule has 0 radical (unpaired) electrons. The number of rotatable bonds is 2. The Morgan fingerprint density at radius 1 is 1.25 bits per heavy atom. The highest BCUT2D eigenvalue weighted by Gasteiger charge is 2.35. The van der Waals surface area contributed by atoms with Crippen LogP contribution >= 0.6 is 0 Å². The molecular weight excluding hydrogens is 258 g/mol. The van der Waals surface area contributed by atoms with Crippen LogP contribution in [0.1, 0.15) is 30.0 Å². The number of carbonyl (C=O) groups excluding carboxylic acids is 2. The third-order valence-corrected chi connectivity index (χ3v) is 3.15. The van der Waals surface area contributed by atoms with E-state index in [0.29, 0.717) is 17.0 Å². The minimum Gasteiger partial charge on any atom is -0.476 e. The molecule has 1 aromatic heterocycles. The molecule has 0 fully saturated rings. The lowest BCUT2D eigenvalue weighted by Crippen LogP contribution is -2.45. The Balaban J connectivity index is 1.97. The fraction of sp³-hybridized carbons (Fsp3) is 0.200. The monoisotopic (exact) mass is 271 g/mol. The van der Waals surface area contributed by atoms with E-state index in [1.807, 2.05) is 0 Å². The van der Waals surface area contributed by atoms with Crippen molar-refractivity contribution < 1.29 is 18.7 Å². The summed E-state index contributed by atoms with van der Waals surface area (Å²) >= 11 is 0. The highest BCUT2D eigenvalue weighted by molar-refractivity contribution is 6.09. The van der Waals surface area contributed by atoms with E-state index in [2.05, 4.69) is 5.32 Å². The Hall–Kier alpha value is -2.56. The van der Waals surface area contributed by atoms with Crippen molar-refractivity contribution in [2.75, 3.05) is 5.32 Å². The molecule has 2 heterocycles. The molecule has 0 atom stereocenters. The molecule has 0 aliphatic carbocycles. The van der Waals surface area contributed by atoms with Crippen molar-refractivity contribution in [3.05, 3.63) is 47.9 Å². The summed E-state index contributed by atoms with van der Waals surface area (Å²) in [7, 11) is 0. The number of amides is 1. The minimum absolute atomic E-state index is 0.239. The number of carbonyl (C=O) groups is 2. The molecule has 2 aromatic rings. The van der Waals surface area contributed by atoms with Crippen molar-refractivity contribution in [2.24, 2.45) is 0 Å². The van der Waals surface area contributed by atoms with E-state index in [0.717, 1.165) is 0 Å². The lowest BCUT2D eigenvalue weighted by Gasteiger charge is -2.31. The lowest BCUT2D eigenvalue weighted by atomic mass is 10.0. The van der Waals surface area contributed by atoms with Crippen LogP contribution < -0.4 is 10.1 Å². The number of furan rings is 1. The molecule has 1 N–H and O–H groups in total. The molecule has 0 spiro atoms. The van der Waals surface area contributed by atoms with Crippen molar-refractivity contribution in [2.45, 2.75) is 19.4 Å². The number of hydrogen-bond donors (Lipinski definition) is 1. The van der Waals surface area contributed by atoms with Crippen LogP contribution in [-0.4, -0.2) is 17.3 Å². The maximum atomic E-state index is 12.2. The topological polar surface area (TPSA) is 68.5 Å². The average molecular weight is 271 g/mol. The molecular formula is C15H13NO4. The number of benzene rings is 1. The Morgan fingerprint density at radius 3 is 2.75 bits per heavy atom. The number of hydrogen-bond acceptors (Lipinski definition) is 4. The Bertz CT molecular complexity index is 686. The molecule has 5 heteroatoms. The second-order valence-corrected chi connectivity index (χ2v) is 5.08. The van der Waals surface area contributed by atoms with E-state index in [1.165, 1.54) is 6.26 Å². The third kappa shape index (κ3) is 1.97. The Labute approximate surface area is 115 Å². The first-order valence-electron chi connectivity index (χ1n) is 6.20. The molecule has 0 saturated carbocycles. The molecule has 1 aliphatic rings. The van der Waals surface area contributed by atoms with Crippen LogP contribution in [0.4, 0.5) is 5.69 Å². The first kappa shape index (κ1) is 12.5. The van der Waals surface area contributed by atoms with E-state index < -0.39 is 5.60 Å². The van der Waals surface area contributed by atoms with Crippen LogP contribution in [0, 0.1) is 0 Å². The van der Waals surface area contributed by atoms with Gasteiger partial charge in [0.2, 0.25) is 5.78 Å². The maximum Gasteiger partial charge on any atom is 0.268 e. The summed E-state index contributed by atoms with van der Waals surface area (Å²) in [6.07, 6.45) is 1.44. The van der Waals surface area contributed by atoms with Crippen molar-refractivity contribution >= 4 is 17.4 Å². The Kier molecular flexibility index (Phi) is 2.64. The molecule has 1 amide bonds. The molecule has 0 unspecified atom stereocenters. The van der Waals surface area contributed by atoms with Gasteiger partial charge in [-0.15, -0.1) is 0 Å². The predicted octanol–water partition coefficient (Wildman–Crippen LogP) is 2.62. The van der Waals surface area contributed by atoms with Gasteiger partial charge in [-0.05, 0) is 44.2 Å². The number of nitrogens with one attached hydrogen (secondary N) is 1. The summed E-state index contributed by atoms with van der Waals surface area (Å²) in [6.45, 7) is 3.38. The van der Waals surface area contributed by atoms with Crippen LogP contribution in [0.3, 0.4) is 0 Å². The molecule has 3 rings (SSSR count). The van der Waals surface area contributed by atoms with Gasteiger partial charge < -0.3 is 14.5 Å². The fourth-order valence-corrected chi connectivity index (χ4v) is 2.00. The van der Waals surface area contributed by atoms with Gasteiger partial charge in [-0.3, -0.25) is 9.59 Å². The van der Waals surface area contributed by atoms with E-state index >= 15 is 0 Å². The van der Waals surface area contributed by atoms with Gasteiger partial charge in [0.15, 0.2) is 11.4 Å². The van der Waals surface area contributed by atoms with E-state index in [4.69, 9.17) is 9.15 Å². The van der Waals surface area contributed by atoms with Gasteiger partial charge in [-0.1, -0.05) is 0 Å². The first-order chi connectivity index (χ1) is 9.47. The van der Waals surface area contributed by atoms with Gasteiger partial charge in [0, 0.05) is 5.56 Å².